The van der Waals surface area contributed by atoms with Crippen molar-refractivity contribution in [2.24, 2.45) is 10.9 Å². The summed E-state index contributed by atoms with van der Waals surface area (Å²) in [7, 11) is 1.54. The van der Waals surface area contributed by atoms with Crippen LogP contribution in [0.15, 0.2) is 35.3 Å². The number of benzene rings is 2. The Hall–Kier alpha value is -3.23. The van der Waals surface area contributed by atoms with Gasteiger partial charge < -0.3 is 20.7 Å². The lowest BCUT2D eigenvalue weighted by molar-refractivity contribution is -0.115. The van der Waals surface area contributed by atoms with Gasteiger partial charge in [-0.05, 0) is 49.4 Å². The number of aryl methyl sites for hydroxylation is 1. The molecule has 2 aromatic carbocycles. The first-order valence-electron chi connectivity index (χ1n) is 9.97. The second-order valence-corrected chi connectivity index (χ2v) is 7.42. The molecule has 31 heavy (non-hydrogen) atoms. The number of hydrogen-bond donors (Lipinski definition) is 3. The topological polar surface area (TPSA) is 74.8 Å². The van der Waals surface area contributed by atoms with Crippen LogP contribution in [-0.4, -0.2) is 32.1 Å². The van der Waals surface area contributed by atoms with Crippen LogP contribution in [-0.2, 0) is 11.3 Å². The Kier molecular flexibility index (Phi) is 7.38. The van der Waals surface area contributed by atoms with Gasteiger partial charge in [0.2, 0.25) is 5.91 Å². The summed E-state index contributed by atoms with van der Waals surface area (Å²) in [6.07, 6.45) is 2.40. The standard InChI is InChI=1S/C22H25F3N4O2/c1-13-3-6-15(18(9-13)31-12-14-4-5-14)10-27-22(26-2)28-11-19(30)29-17-8-7-16(23)20(24)21(17)25/h3,6-9,14H,4-5,10-12H2,1-2H3,(H,29,30)(H2,26,27,28). The van der Waals surface area contributed by atoms with Crippen LogP contribution < -0.4 is 20.7 Å². The van der Waals surface area contributed by atoms with Crippen LogP contribution in [0.3, 0.4) is 0 Å². The fraction of sp³-hybridized carbons (Fsp3) is 0.364. The number of aliphatic imine (C=N–C) groups is 1. The smallest absolute Gasteiger partial charge is 0.243 e. The van der Waals surface area contributed by atoms with Gasteiger partial charge in [0.05, 0.1) is 18.8 Å². The summed E-state index contributed by atoms with van der Waals surface area (Å²) < 4.78 is 45.9. The van der Waals surface area contributed by atoms with Crippen LogP contribution in [0, 0.1) is 30.3 Å². The Morgan fingerprint density at radius 1 is 1.13 bits per heavy atom. The van der Waals surface area contributed by atoms with Crippen LogP contribution in [0.4, 0.5) is 18.9 Å². The fourth-order valence-corrected chi connectivity index (χ4v) is 2.81. The van der Waals surface area contributed by atoms with Crippen molar-refractivity contribution < 1.29 is 22.7 Å². The zero-order valence-corrected chi connectivity index (χ0v) is 17.4. The normalized spacial score (nSPS) is 13.6. The SMILES string of the molecule is CN=C(NCC(=O)Nc1ccc(F)c(F)c1F)NCc1ccc(C)cc1OCC1CC1. The number of carbonyl (C=O) groups is 1. The van der Waals surface area contributed by atoms with E-state index < -0.39 is 29.0 Å². The van der Waals surface area contributed by atoms with E-state index in [9.17, 15) is 18.0 Å². The molecule has 9 heteroatoms. The first kappa shape index (κ1) is 22.5. The maximum absolute atomic E-state index is 13.7. The van der Waals surface area contributed by atoms with Crippen molar-refractivity contribution in [2.75, 3.05) is 25.5 Å². The Morgan fingerprint density at radius 3 is 2.61 bits per heavy atom. The van der Waals surface area contributed by atoms with E-state index in [1.54, 1.807) is 7.05 Å². The first-order chi connectivity index (χ1) is 14.9. The predicted molar refractivity (Wildman–Crippen MR) is 113 cm³/mol. The molecule has 2 aromatic rings. The average Bonchev–Trinajstić information content (AvgIpc) is 3.58. The van der Waals surface area contributed by atoms with Crippen LogP contribution in [0.1, 0.15) is 24.0 Å². The van der Waals surface area contributed by atoms with Crippen molar-refractivity contribution in [1.29, 1.82) is 0 Å². The monoisotopic (exact) mass is 434 g/mol. The molecule has 0 heterocycles. The van der Waals surface area contributed by atoms with Gasteiger partial charge in [0.25, 0.3) is 0 Å². The molecule has 0 aliphatic heterocycles. The molecule has 1 aliphatic rings. The van der Waals surface area contributed by atoms with E-state index in [0.29, 0.717) is 25.0 Å². The molecular formula is C22H25F3N4O2. The lowest BCUT2D eigenvalue weighted by Crippen LogP contribution is -2.41. The van der Waals surface area contributed by atoms with Crippen molar-refractivity contribution in [3.63, 3.8) is 0 Å². The van der Waals surface area contributed by atoms with Gasteiger partial charge in [-0.1, -0.05) is 12.1 Å². The number of halogens is 3. The number of anilines is 1. The molecule has 0 aromatic heterocycles. The third-order valence-electron chi connectivity index (χ3n) is 4.79. The highest BCUT2D eigenvalue weighted by Gasteiger charge is 2.22. The number of nitrogens with one attached hydrogen (secondary N) is 3. The minimum Gasteiger partial charge on any atom is -0.493 e. The zero-order valence-electron chi connectivity index (χ0n) is 17.4. The van der Waals surface area contributed by atoms with Gasteiger partial charge >= 0.3 is 0 Å². The third kappa shape index (κ3) is 6.37. The Balaban J connectivity index is 1.52. The highest BCUT2D eigenvalue weighted by atomic mass is 19.2. The average molecular weight is 434 g/mol. The Morgan fingerprint density at radius 2 is 1.90 bits per heavy atom. The molecule has 3 rings (SSSR count). The molecule has 1 fully saturated rings. The maximum atomic E-state index is 13.7. The Labute approximate surface area is 178 Å². The summed E-state index contributed by atoms with van der Waals surface area (Å²) in [5.74, 6) is -3.27. The first-order valence-corrected chi connectivity index (χ1v) is 9.97. The minimum absolute atomic E-state index is 0.253. The van der Waals surface area contributed by atoms with Gasteiger partial charge in [-0.15, -0.1) is 0 Å². The minimum atomic E-state index is -1.64. The van der Waals surface area contributed by atoms with Gasteiger partial charge in [-0.2, -0.15) is 0 Å². The molecular weight excluding hydrogens is 409 g/mol. The maximum Gasteiger partial charge on any atom is 0.243 e. The van der Waals surface area contributed by atoms with Gasteiger partial charge in [-0.25, -0.2) is 13.2 Å². The summed E-state index contributed by atoms with van der Waals surface area (Å²) in [5.41, 5.74) is 1.60. The number of carbonyl (C=O) groups excluding carboxylic acids is 1. The lowest BCUT2D eigenvalue weighted by Gasteiger charge is -2.15. The van der Waals surface area contributed by atoms with Gasteiger partial charge in [0.15, 0.2) is 23.4 Å². The van der Waals surface area contributed by atoms with Crippen molar-refractivity contribution in [3.8, 4) is 5.75 Å². The predicted octanol–water partition coefficient (Wildman–Crippen LogP) is 3.50. The van der Waals surface area contributed by atoms with Crippen molar-refractivity contribution in [3.05, 3.63) is 58.9 Å². The van der Waals surface area contributed by atoms with Gasteiger partial charge in [-0.3, -0.25) is 9.79 Å². The molecule has 0 unspecified atom stereocenters. The summed E-state index contributed by atoms with van der Waals surface area (Å²) in [6.45, 7) is 2.86. The summed E-state index contributed by atoms with van der Waals surface area (Å²) in [5, 5.41) is 8.08. The van der Waals surface area contributed by atoms with Gasteiger partial charge in [0.1, 0.15) is 5.75 Å². The molecule has 1 amide bonds. The highest BCUT2D eigenvalue weighted by molar-refractivity contribution is 5.95. The quantitative estimate of drug-likeness (QED) is 0.338. The van der Waals surface area contributed by atoms with Crippen LogP contribution in [0.25, 0.3) is 0 Å². The molecule has 1 aliphatic carbocycles. The lowest BCUT2D eigenvalue weighted by atomic mass is 10.1. The van der Waals surface area contributed by atoms with E-state index >= 15 is 0 Å². The van der Waals surface area contributed by atoms with Crippen molar-refractivity contribution in [2.45, 2.75) is 26.3 Å². The van der Waals surface area contributed by atoms with E-state index in [-0.39, 0.29) is 6.54 Å². The number of amides is 1. The molecule has 0 atom stereocenters. The largest absolute Gasteiger partial charge is 0.493 e. The molecule has 166 valence electrons. The second-order valence-electron chi connectivity index (χ2n) is 7.42. The molecule has 0 saturated heterocycles. The number of ether oxygens (including phenoxy) is 1. The van der Waals surface area contributed by atoms with Gasteiger partial charge in [0, 0.05) is 19.2 Å². The van der Waals surface area contributed by atoms with Crippen LogP contribution in [0.5, 0.6) is 5.75 Å². The zero-order chi connectivity index (χ0) is 22.4. The number of rotatable bonds is 8. The van der Waals surface area contributed by atoms with E-state index in [2.05, 4.69) is 20.9 Å². The van der Waals surface area contributed by atoms with E-state index in [1.807, 2.05) is 25.1 Å². The van der Waals surface area contributed by atoms with Crippen molar-refractivity contribution >= 4 is 17.6 Å². The van der Waals surface area contributed by atoms with Crippen LogP contribution >= 0.6 is 0 Å². The fourth-order valence-electron chi connectivity index (χ4n) is 2.81. The molecule has 0 radical (unpaired) electrons. The molecule has 1 saturated carbocycles. The number of nitrogens with zero attached hydrogens (tertiary/aromatic N) is 1. The second kappa shape index (κ2) is 10.2. The highest BCUT2D eigenvalue weighted by Crippen LogP contribution is 2.30. The molecule has 3 N–H and O–H groups in total. The molecule has 0 spiro atoms. The molecule has 6 nitrogen and oxygen atoms in total. The Bertz CT molecular complexity index is 977. The third-order valence-corrected chi connectivity index (χ3v) is 4.79. The summed E-state index contributed by atoms with van der Waals surface area (Å²) in [4.78, 5) is 16.1. The van der Waals surface area contributed by atoms with E-state index in [1.165, 1.54) is 12.8 Å². The molecule has 0 bridgehead atoms. The van der Waals surface area contributed by atoms with E-state index in [0.717, 1.165) is 29.0 Å². The number of hydrogen-bond acceptors (Lipinski definition) is 3. The summed E-state index contributed by atoms with van der Waals surface area (Å²) >= 11 is 0. The number of guanidine groups is 1. The van der Waals surface area contributed by atoms with Crippen LogP contribution in [0.2, 0.25) is 0 Å². The van der Waals surface area contributed by atoms with Crippen molar-refractivity contribution in [1.82, 2.24) is 10.6 Å². The van der Waals surface area contributed by atoms with E-state index in [4.69, 9.17) is 4.74 Å². The summed E-state index contributed by atoms with van der Waals surface area (Å²) in [6, 6.07) is 7.64.